The molecule has 0 aliphatic carbocycles. The minimum absolute atomic E-state index is 0.334. The summed E-state index contributed by atoms with van der Waals surface area (Å²) in [5, 5.41) is 4.33. The predicted molar refractivity (Wildman–Crippen MR) is 114 cm³/mol. The van der Waals surface area contributed by atoms with Crippen LogP contribution < -0.4 is 20.0 Å². The minimum atomic E-state index is -0.334. The lowest BCUT2D eigenvalue weighted by Crippen LogP contribution is -2.24. The molecule has 3 heterocycles. The van der Waals surface area contributed by atoms with Crippen LogP contribution in [-0.2, 0) is 4.79 Å². The highest BCUT2D eigenvalue weighted by atomic mass is 16.5. The van der Waals surface area contributed by atoms with Gasteiger partial charge in [-0.1, -0.05) is 0 Å². The van der Waals surface area contributed by atoms with Crippen molar-refractivity contribution in [3.8, 4) is 5.75 Å². The molecule has 0 atom stereocenters. The molecule has 1 N–H and O–H groups in total. The fraction of sp³-hybridized carbons (Fsp3) is 0.429. The van der Waals surface area contributed by atoms with E-state index < -0.39 is 0 Å². The minimum Gasteiger partial charge on any atom is -0.427 e. The Labute approximate surface area is 170 Å². The lowest BCUT2D eigenvalue weighted by atomic mass is 10.2. The standard InChI is InChI=1S/C21H26N6O2/c1-16(28)29-18-8-6-17(7-9-18)15-22-25-19-14-20(26-10-2-3-11-26)24-21(23-19)27-12-4-5-13-27/h6-9,14-15H,2-5,10-13H2,1H3,(H,23,24,25)/b22-15+. The number of carbonyl (C=O) groups excluding carboxylic acids is 1. The maximum Gasteiger partial charge on any atom is 0.308 e. The summed E-state index contributed by atoms with van der Waals surface area (Å²) in [4.78, 5) is 25.0. The number of hydrogen-bond donors (Lipinski definition) is 1. The number of benzene rings is 1. The van der Waals surface area contributed by atoms with Crippen LogP contribution in [0.15, 0.2) is 35.4 Å². The number of nitrogens with zero attached hydrogens (tertiary/aromatic N) is 5. The van der Waals surface area contributed by atoms with Crippen LogP contribution in [0, 0.1) is 0 Å². The van der Waals surface area contributed by atoms with Crippen molar-refractivity contribution in [1.82, 2.24) is 9.97 Å². The van der Waals surface area contributed by atoms with Crippen LogP contribution in [0.1, 0.15) is 38.2 Å². The molecule has 2 aliphatic heterocycles. The van der Waals surface area contributed by atoms with E-state index in [4.69, 9.17) is 9.72 Å². The van der Waals surface area contributed by atoms with Crippen LogP contribution in [0.2, 0.25) is 0 Å². The average molecular weight is 394 g/mol. The second kappa shape index (κ2) is 8.89. The summed E-state index contributed by atoms with van der Waals surface area (Å²) in [6, 6.07) is 9.13. The van der Waals surface area contributed by atoms with Crippen molar-refractivity contribution in [3.05, 3.63) is 35.9 Å². The number of carbonyl (C=O) groups is 1. The Morgan fingerprint density at radius 2 is 1.69 bits per heavy atom. The topological polar surface area (TPSA) is 82.9 Å². The van der Waals surface area contributed by atoms with Crippen molar-refractivity contribution in [2.45, 2.75) is 32.6 Å². The Bertz CT molecular complexity index is 837. The van der Waals surface area contributed by atoms with E-state index in [0.29, 0.717) is 11.6 Å². The number of esters is 1. The third-order valence-corrected chi connectivity index (χ3v) is 5.05. The second-order valence-corrected chi connectivity index (χ2v) is 7.33. The lowest BCUT2D eigenvalue weighted by molar-refractivity contribution is -0.131. The number of anilines is 3. The number of ether oxygens (including phenoxy) is 1. The number of aromatic nitrogens is 2. The van der Waals surface area contributed by atoms with Gasteiger partial charge in [-0.05, 0) is 55.5 Å². The fourth-order valence-corrected chi connectivity index (χ4v) is 3.61. The van der Waals surface area contributed by atoms with Crippen LogP contribution in [0.5, 0.6) is 5.75 Å². The molecule has 1 aromatic carbocycles. The third-order valence-electron chi connectivity index (χ3n) is 5.05. The summed E-state index contributed by atoms with van der Waals surface area (Å²) < 4.78 is 5.04. The average Bonchev–Trinajstić information content (AvgIpc) is 3.43. The lowest BCUT2D eigenvalue weighted by Gasteiger charge is -2.21. The maximum atomic E-state index is 11.0. The molecular formula is C21H26N6O2. The Morgan fingerprint density at radius 3 is 2.34 bits per heavy atom. The summed E-state index contributed by atoms with van der Waals surface area (Å²) >= 11 is 0. The SMILES string of the molecule is CC(=O)Oc1ccc(/C=N/Nc2cc(N3CCCC3)nc(N3CCCC3)n2)cc1. The molecule has 2 fully saturated rings. The van der Waals surface area contributed by atoms with Gasteiger partial charge in [-0.15, -0.1) is 0 Å². The molecule has 0 saturated carbocycles. The van der Waals surface area contributed by atoms with Crippen molar-refractivity contribution in [3.63, 3.8) is 0 Å². The zero-order valence-electron chi connectivity index (χ0n) is 16.7. The molecule has 2 aliphatic rings. The maximum absolute atomic E-state index is 11.0. The second-order valence-electron chi connectivity index (χ2n) is 7.33. The van der Waals surface area contributed by atoms with Crippen molar-refractivity contribution in [2.75, 3.05) is 41.4 Å². The Hall–Kier alpha value is -3.16. The van der Waals surface area contributed by atoms with Crippen molar-refractivity contribution < 1.29 is 9.53 Å². The first-order valence-corrected chi connectivity index (χ1v) is 10.1. The van der Waals surface area contributed by atoms with E-state index in [1.807, 2.05) is 18.2 Å². The van der Waals surface area contributed by atoms with Crippen LogP contribution in [-0.4, -0.2) is 48.3 Å². The van der Waals surface area contributed by atoms with E-state index in [0.717, 1.165) is 43.5 Å². The van der Waals surface area contributed by atoms with E-state index in [1.165, 1.54) is 32.6 Å². The van der Waals surface area contributed by atoms with Crippen molar-refractivity contribution in [2.24, 2.45) is 5.10 Å². The molecular weight excluding hydrogens is 368 g/mol. The molecule has 152 valence electrons. The highest BCUT2D eigenvalue weighted by molar-refractivity contribution is 5.80. The first-order chi connectivity index (χ1) is 14.2. The molecule has 4 rings (SSSR count). The smallest absolute Gasteiger partial charge is 0.308 e. The summed E-state index contributed by atoms with van der Waals surface area (Å²) in [7, 11) is 0. The van der Waals surface area contributed by atoms with E-state index >= 15 is 0 Å². The van der Waals surface area contributed by atoms with Gasteiger partial charge in [0.05, 0.1) is 6.21 Å². The first-order valence-electron chi connectivity index (χ1n) is 10.1. The third kappa shape index (κ3) is 5.01. The van der Waals surface area contributed by atoms with Gasteiger partial charge in [0.1, 0.15) is 11.6 Å². The van der Waals surface area contributed by atoms with Gasteiger partial charge >= 0.3 is 5.97 Å². The van der Waals surface area contributed by atoms with Gasteiger partial charge in [-0.25, -0.2) is 0 Å². The molecule has 29 heavy (non-hydrogen) atoms. The molecule has 2 saturated heterocycles. The molecule has 0 unspecified atom stereocenters. The molecule has 1 aromatic heterocycles. The van der Waals surface area contributed by atoms with Gasteiger partial charge in [0, 0.05) is 39.2 Å². The van der Waals surface area contributed by atoms with Gasteiger partial charge < -0.3 is 14.5 Å². The van der Waals surface area contributed by atoms with Gasteiger partial charge in [-0.2, -0.15) is 15.1 Å². The molecule has 0 amide bonds. The zero-order valence-corrected chi connectivity index (χ0v) is 16.7. The summed E-state index contributed by atoms with van der Waals surface area (Å²) in [5.74, 6) is 2.61. The predicted octanol–water partition coefficient (Wildman–Crippen LogP) is 3.05. The van der Waals surface area contributed by atoms with Crippen LogP contribution in [0.4, 0.5) is 17.6 Å². The first kappa shape index (κ1) is 19.2. The van der Waals surface area contributed by atoms with Crippen LogP contribution in [0.3, 0.4) is 0 Å². The van der Waals surface area contributed by atoms with Crippen molar-refractivity contribution in [1.29, 1.82) is 0 Å². The number of hydrogen-bond acceptors (Lipinski definition) is 8. The summed E-state index contributed by atoms with van der Waals surface area (Å²) in [5.41, 5.74) is 3.94. The Morgan fingerprint density at radius 1 is 1.03 bits per heavy atom. The largest absolute Gasteiger partial charge is 0.427 e. The molecule has 2 aromatic rings. The molecule has 0 radical (unpaired) electrons. The molecule has 0 bridgehead atoms. The molecule has 0 spiro atoms. The fourth-order valence-electron chi connectivity index (χ4n) is 3.61. The highest BCUT2D eigenvalue weighted by Gasteiger charge is 2.20. The van der Waals surface area contributed by atoms with Gasteiger partial charge in [0.15, 0.2) is 5.82 Å². The molecule has 8 nitrogen and oxygen atoms in total. The number of rotatable bonds is 6. The Balaban J connectivity index is 1.48. The van der Waals surface area contributed by atoms with E-state index in [-0.39, 0.29) is 5.97 Å². The van der Waals surface area contributed by atoms with Gasteiger partial charge in [-0.3, -0.25) is 10.2 Å². The van der Waals surface area contributed by atoms with Crippen molar-refractivity contribution >= 4 is 29.8 Å². The van der Waals surface area contributed by atoms with Gasteiger partial charge in [0.2, 0.25) is 5.95 Å². The van der Waals surface area contributed by atoms with E-state index in [2.05, 4.69) is 25.3 Å². The summed E-state index contributed by atoms with van der Waals surface area (Å²) in [6.45, 7) is 5.46. The Kier molecular flexibility index (Phi) is 5.88. The van der Waals surface area contributed by atoms with Gasteiger partial charge in [0.25, 0.3) is 0 Å². The quantitative estimate of drug-likeness (QED) is 0.349. The van der Waals surface area contributed by atoms with E-state index in [1.54, 1.807) is 18.3 Å². The monoisotopic (exact) mass is 394 g/mol. The number of nitrogens with one attached hydrogen (secondary N) is 1. The van der Waals surface area contributed by atoms with E-state index in [9.17, 15) is 4.79 Å². The van der Waals surface area contributed by atoms with Crippen LogP contribution >= 0.6 is 0 Å². The zero-order chi connectivity index (χ0) is 20.1. The summed E-state index contributed by atoms with van der Waals surface area (Å²) in [6.07, 6.45) is 6.48. The highest BCUT2D eigenvalue weighted by Crippen LogP contribution is 2.25. The van der Waals surface area contributed by atoms with Crippen LogP contribution in [0.25, 0.3) is 0 Å². The molecule has 8 heteroatoms. The number of hydrazone groups is 1. The normalized spacial score (nSPS) is 16.6.